The van der Waals surface area contributed by atoms with Crippen molar-refractivity contribution in [3.63, 3.8) is 0 Å². The third kappa shape index (κ3) is 5.40. The fourth-order valence-electron chi connectivity index (χ4n) is 4.15. The molecule has 1 aliphatic carbocycles. The van der Waals surface area contributed by atoms with Crippen molar-refractivity contribution in [1.29, 1.82) is 0 Å². The zero-order chi connectivity index (χ0) is 21.7. The average molecular weight is 437 g/mol. The van der Waals surface area contributed by atoms with Crippen LogP contribution in [0, 0.1) is 5.92 Å². The van der Waals surface area contributed by atoms with E-state index in [1.165, 1.54) is 41.9 Å². The molecular weight excluding hydrogens is 404 g/mol. The van der Waals surface area contributed by atoms with Crippen molar-refractivity contribution in [3.8, 4) is 0 Å². The minimum absolute atomic E-state index is 0.0759. The molecule has 7 nitrogen and oxygen atoms in total. The number of sulfonamides is 1. The third-order valence-electron chi connectivity index (χ3n) is 6.11. The highest BCUT2D eigenvalue weighted by atomic mass is 32.2. The van der Waals surface area contributed by atoms with Gasteiger partial charge in [-0.25, -0.2) is 13.2 Å². The molecule has 1 aromatic rings. The molecule has 0 spiro atoms. The Morgan fingerprint density at radius 1 is 1.10 bits per heavy atom. The molecule has 1 amide bonds. The van der Waals surface area contributed by atoms with Crippen LogP contribution >= 0.6 is 0 Å². The molecule has 2 aliphatic rings. The lowest BCUT2D eigenvalue weighted by molar-refractivity contribution is -0.130. The molecule has 3 atom stereocenters. The van der Waals surface area contributed by atoms with Crippen LogP contribution in [0.15, 0.2) is 29.2 Å². The van der Waals surface area contributed by atoms with Gasteiger partial charge in [0.15, 0.2) is 6.10 Å². The van der Waals surface area contributed by atoms with Crippen LogP contribution < -0.4 is 5.32 Å². The van der Waals surface area contributed by atoms with Crippen LogP contribution in [-0.2, 0) is 19.6 Å². The van der Waals surface area contributed by atoms with Crippen LogP contribution in [0.2, 0.25) is 0 Å². The van der Waals surface area contributed by atoms with Crippen molar-refractivity contribution in [3.05, 3.63) is 29.8 Å². The van der Waals surface area contributed by atoms with Gasteiger partial charge in [-0.15, -0.1) is 0 Å². The Labute approximate surface area is 179 Å². The van der Waals surface area contributed by atoms with E-state index in [0.717, 1.165) is 38.5 Å². The molecule has 0 bridgehead atoms. The number of hydrogen-bond donors (Lipinski definition) is 1. The molecule has 0 aromatic heterocycles. The molecule has 1 N–H and O–H groups in total. The van der Waals surface area contributed by atoms with Gasteiger partial charge in [0.2, 0.25) is 10.0 Å². The monoisotopic (exact) mass is 436 g/mol. The first-order valence-corrected chi connectivity index (χ1v) is 12.3. The van der Waals surface area contributed by atoms with Crippen molar-refractivity contribution in [2.24, 2.45) is 5.92 Å². The molecule has 30 heavy (non-hydrogen) atoms. The lowest BCUT2D eigenvalue weighted by Gasteiger charge is -2.30. The number of amides is 1. The highest BCUT2D eigenvalue weighted by Crippen LogP contribution is 2.24. The van der Waals surface area contributed by atoms with Crippen molar-refractivity contribution < 1.29 is 22.7 Å². The second-order valence-electron chi connectivity index (χ2n) is 8.42. The smallest absolute Gasteiger partial charge is 0.338 e. The van der Waals surface area contributed by atoms with Crippen molar-refractivity contribution >= 4 is 21.9 Å². The summed E-state index contributed by atoms with van der Waals surface area (Å²) in [6.45, 7) is 4.64. The van der Waals surface area contributed by atoms with Crippen LogP contribution in [0.5, 0.6) is 0 Å². The summed E-state index contributed by atoms with van der Waals surface area (Å²) < 4.78 is 32.5. The summed E-state index contributed by atoms with van der Waals surface area (Å²) in [6, 6.07) is 5.96. The molecule has 1 heterocycles. The number of nitrogens with zero attached hydrogens (tertiary/aromatic N) is 1. The summed E-state index contributed by atoms with van der Waals surface area (Å²) in [5, 5.41) is 2.99. The second kappa shape index (κ2) is 9.92. The molecule has 1 saturated carbocycles. The van der Waals surface area contributed by atoms with Gasteiger partial charge in [0.05, 0.1) is 10.5 Å². The molecular formula is C22H32N2O5S. The lowest BCUT2D eigenvalue weighted by Crippen LogP contribution is -2.46. The first-order chi connectivity index (χ1) is 14.3. The summed E-state index contributed by atoms with van der Waals surface area (Å²) in [5.41, 5.74) is 0.124. The molecule has 8 heteroatoms. The molecule has 1 aliphatic heterocycles. The molecule has 2 fully saturated rings. The van der Waals surface area contributed by atoms with Gasteiger partial charge < -0.3 is 10.1 Å². The Bertz CT molecular complexity index is 864. The quantitative estimate of drug-likeness (QED) is 0.692. The fourth-order valence-corrected chi connectivity index (χ4v) is 5.71. The van der Waals surface area contributed by atoms with E-state index in [1.807, 2.05) is 0 Å². The fraction of sp³-hybridized carbons (Fsp3) is 0.636. The zero-order valence-electron chi connectivity index (χ0n) is 17.8. The van der Waals surface area contributed by atoms with Gasteiger partial charge in [0, 0.05) is 19.1 Å². The molecule has 0 unspecified atom stereocenters. The van der Waals surface area contributed by atoms with E-state index >= 15 is 0 Å². The number of ether oxygens (including phenoxy) is 1. The highest BCUT2D eigenvalue weighted by Gasteiger charge is 2.28. The Morgan fingerprint density at radius 3 is 2.50 bits per heavy atom. The van der Waals surface area contributed by atoms with E-state index in [4.69, 9.17) is 4.74 Å². The van der Waals surface area contributed by atoms with Crippen molar-refractivity contribution in [1.82, 2.24) is 9.62 Å². The van der Waals surface area contributed by atoms with Gasteiger partial charge in [-0.05, 0) is 56.7 Å². The first kappa shape index (κ1) is 22.7. The number of carbonyl (C=O) groups excluding carboxylic acids is 2. The molecule has 1 aromatic carbocycles. The van der Waals surface area contributed by atoms with E-state index in [2.05, 4.69) is 12.2 Å². The maximum Gasteiger partial charge on any atom is 0.338 e. The summed E-state index contributed by atoms with van der Waals surface area (Å²) in [7, 11) is -3.64. The minimum Gasteiger partial charge on any atom is -0.449 e. The van der Waals surface area contributed by atoms with Gasteiger partial charge in [-0.3, -0.25) is 4.79 Å². The summed E-state index contributed by atoms with van der Waals surface area (Å²) >= 11 is 0. The number of carbonyl (C=O) groups is 2. The lowest BCUT2D eigenvalue weighted by atomic mass is 9.86. The van der Waals surface area contributed by atoms with Gasteiger partial charge in [-0.1, -0.05) is 32.3 Å². The van der Waals surface area contributed by atoms with Gasteiger partial charge in [-0.2, -0.15) is 4.31 Å². The van der Waals surface area contributed by atoms with Crippen LogP contribution in [0.1, 0.15) is 69.2 Å². The number of benzene rings is 1. The average Bonchev–Trinajstić information content (AvgIpc) is 2.76. The van der Waals surface area contributed by atoms with Gasteiger partial charge >= 0.3 is 5.97 Å². The summed E-state index contributed by atoms with van der Waals surface area (Å²) in [6.07, 6.45) is 6.03. The van der Waals surface area contributed by atoms with Crippen LogP contribution in [0.3, 0.4) is 0 Å². The summed E-state index contributed by atoms with van der Waals surface area (Å²) in [4.78, 5) is 25.1. The van der Waals surface area contributed by atoms with Crippen LogP contribution in [0.25, 0.3) is 0 Å². The topological polar surface area (TPSA) is 92.8 Å². The van der Waals surface area contributed by atoms with Crippen molar-refractivity contribution in [2.75, 3.05) is 13.1 Å². The molecule has 1 saturated heterocycles. The second-order valence-corrected chi connectivity index (χ2v) is 10.4. The first-order valence-electron chi connectivity index (χ1n) is 10.9. The predicted octanol–water partition coefficient (Wildman–Crippen LogP) is 3.10. The van der Waals surface area contributed by atoms with Crippen LogP contribution in [-0.4, -0.2) is 49.8 Å². The number of hydrogen-bond acceptors (Lipinski definition) is 5. The van der Waals surface area contributed by atoms with Crippen LogP contribution in [0.4, 0.5) is 0 Å². The van der Waals surface area contributed by atoms with Crippen molar-refractivity contribution in [2.45, 2.75) is 75.8 Å². The van der Waals surface area contributed by atoms with E-state index in [9.17, 15) is 18.0 Å². The number of piperidine rings is 1. The predicted molar refractivity (Wildman–Crippen MR) is 113 cm³/mol. The summed E-state index contributed by atoms with van der Waals surface area (Å²) in [5.74, 6) is -0.619. The van der Waals surface area contributed by atoms with E-state index in [1.54, 1.807) is 0 Å². The zero-order valence-corrected chi connectivity index (χ0v) is 18.6. The molecule has 3 rings (SSSR count). The number of rotatable bonds is 6. The standard InChI is InChI=1S/C22H32N2O5S/c1-16-9-4-5-12-20(16)23-21(25)17(2)29-22(26)18-10-8-11-19(15-18)30(27,28)24-13-6-3-7-14-24/h8,10-11,15-17,20H,3-7,9,12-14H2,1-2H3,(H,23,25)/t16-,17+,20-/m0/s1. The molecule has 0 radical (unpaired) electrons. The maximum atomic E-state index is 12.9. The van der Waals surface area contributed by atoms with E-state index in [0.29, 0.717) is 19.0 Å². The Hall–Kier alpha value is -1.93. The van der Waals surface area contributed by atoms with Gasteiger partial charge in [0.25, 0.3) is 5.91 Å². The van der Waals surface area contributed by atoms with E-state index in [-0.39, 0.29) is 22.4 Å². The SMILES string of the molecule is C[C@@H](OC(=O)c1cccc(S(=O)(=O)N2CCCCC2)c1)C(=O)N[C@H]1CCCC[C@@H]1C. The normalized spacial score (nSPS) is 24.1. The number of nitrogens with one attached hydrogen (secondary N) is 1. The van der Waals surface area contributed by atoms with Gasteiger partial charge in [0.1, 0.15) is 0 Å². The third-order valence-corrected chi connectivity index (χ3v) is 8.01. The Kier molecular flexibility index (Phi) is 7.52. The van der Waals surface area contributed by atoms with E-state index < -0.39 is 22.1 Å². The molecule has 166 valence electrons. The minimum atomic E-state index is -3.64. The Morgan fingerprint density at radius 2 is 1.80 bits per heavy atom. The Balaban J connectivity index is 1.63. The largest absolute Gasteiger partial charge is 0.449 e. The number of esters is 1. The highest BCUT2D eigenvalue weighted by molar-refractivity contribution is 7.89. The maximum absolute atomic E-state index is 12.9.